The molecule has 5 rings (SSSR count). The number of nitriles is 1. The Morgan fingerprint density at radius 2 is 1.77 bits per heavy atom. The number of carboxylic acids is 1. The predicted molar refractivity (Wildman–Crippen MR) is 139 cm³/mol. The lowest BCUT2D eigenvalue weighted by Gasteiger charge is -2.45. The van der Waals surface area contributed by atoms with E-state index in [1.54, 1.807) is 6.07 Å². The van der Waals surface area contributed by atoms with Crippen LogP contribution in [0.3, 0.4) is 0 Å². The Bertz CT molecular complexity index is 1160. The standard InChI is InChI=1S/C23H25NO6.C5H9NO2.H2O/c24-11-16-7-8-18(23(29)22(28)21(27)20(26)19(12-25)30-23)10-17(16)9-13-1-3-14(4-2-13)15-5-6-15;7-5(8)4-2-1-3-6-4;/h1-4,7-8,10,15,19-22,25-29H,5-6,9,12H2;4,6H,1-3H2,(H,7,8);1H2/t19-,20-,21+,22-,23?;4-;/m10./s1. The van der Waals surface area contributed by atoms with Gasteiger partial charge in [-0.3, -0.25) is 4.79 Å². The number of carboxylic acid groups (broad SMARTS) is 1. The molecule has 9 N–H and O–H groups in total. The number of aliphatic hydroxyl groups excluding tert-OH is 4. The van der Waals surface area contributed by atoms with Gasteiger partial charge in [0.2, 0.25) is 5.79 Å². The summed E-state index contributed by atoms with van der Waals surface area (Å²) < 4.78 is 5.39. The first-order chi connectivity index (χ1) is 18.2. The molecule has 212 valence electrons. The third kappa shape index (κ3) is 6.81. The molecule has 1 aliphatic carbocycles. The first-order valence-electron chi connectivity index (χ1n) is 12.8. The van der Waals surface area contributed by atoms with Gasteiger partial charge in [0.05, 0.1) is 18.2 Å². The SMILES string of the molecule is N#Cc1ccc(C2(O)O[C@H](CO)[C@@H](O)[C@H](O)[C@H]2O)cc1Cc1ccc(C2CC2)cc1.O.O=C(O)[C@@H]1CCCN1. The van der Waals surface area contributed by atoms with Gasteiger partial charge in [-0.25, -0.2) is 0 Å². The van der Waals surface area contributed by atoms with E-state index in [1.807, 2.05) is 12.1 Å². The highest BCUT2D eigenvalue weighted by Crippen LogP contribution is 2.40. The summed E-state index contributed by atoms with van der Waals surface area (Å²) in [5.41, 5.74) is 3.47. The van der Waals surface area contributed by atoms with E-state index in [1.165, 1.54) is 30.5 Å². The van der Waals surface area contributed by atoms with E-state index in [4.69, 9.17) is 9.84 Å². The summed E-state index contributed by atoms with van der Waals surface area (Å²) >= 11 is 0. The molecule has 0 amide bonds. The highest BCUT2D eigenvalue weighted by molar-refractivity contribution is 5.73. The van der Waals surface area contributed by atoms with Crippen LogP contribution in [0.5, 0.6) is 0 Å². The molecule has 0 aromatic heterocycles. The molecule has 1 unspecified atom stereocenters. The highest BCUT2D eigenvalue weighted by Gasteiger charge is 2.53. The van der Waals surface area contributed by atoms with Crippen molar-refractivity contribution in [3.05, 3.63) is 70.3 Å². The Hall–Kier alpha value is -2.92. The summed E-state index contributed by atoms with van der Waals surface area (Å²) in [4.78, 5) is 10.1. The molecule has 0 radical (unpaired) electrons. The van der Waals surface area contributed by atoms with E-state index in [-0.39, 0.29) is 17.1 Å². The summed E-state index contributed by atoms with van der Waals surface area (Å²) in [7, 11) is 0. The molecule has 1 saturated carbocycles. The summed E-state index contributed by atoms with van der Waals surface area (Å²) in [6, 6.07) is 14.6. The van der Waals surface area contributed by atoms with Crippen LogP contribution >= 0.6 is 0 Å². The lowest BCUT2D eigenvalue weighted by molar-refractivity contribution is -0.357. The molecule has 0 spiro atoms. The fraction of sp³-hybridized carbons (Fsp3) is 0.500. The van der Waals surface area contributed by atoms with E-state index in [2.05, 4.69) is 23.5 Å². The maximum Gasteiger partial charge on any atom is 0.320 e. The zero-order valence-corrected chi connectivity index (χ0v) is 21.4. The van der Waals surface area contributed by atoms with Crippen molar-refractivity contribution in [1.82, 2.24) is 5.32 Å². The first kappa shape index (κ1) is 30.6. The number of hydrogen-bond donors (Lipinski definition) is 7. The quantitative estimate of drug-likeness (QED) is 0.251. The van der Waals surface area contributed by atoms with Gasteiger partial charge in [-0.1, -0.05) is 30.3 Å². The van der Waals surface area contributed by atoms with Crippen molar-refractivity contribution in [2.24, 2.45) is 0 Å². The monoisotopic (exact) mass is 544 g/mol. The Labute approximate surface area is 226 Å². The summed E-state index contributed by atoms with van der Waals surface area (Å²) in [6.45, 7) is 0.209. The van der Waals surface area contributed by atoms with Crippen molar-refractivity contribution in [2.75, 3.05) is 13.2 Å². The van der Waals surface area contributed by atoms with E-state index in [0.717, 1.165) is 24.9 Å². The number of carbonyl (C=O) groups is 1. The van der Waals surface area contributed by atoms with Gasteiger partial charge < -0.3 is 46.2 Å². The normalized spacial score (nSPS) is 29.9. The molecule has 2 heterocycles. The zero-order chi connectivity index (χ0) is 27.4. The van der Waals surface area contributed by atoms with Gasteiger partial charge in [0.15, 0.2) is 0 Å². The number of hydrogen-bond acceptors (Lipinski definition) is 9. The second-order valence-corrected chi connectivity index (χ2v) is 10.1. The molecule has 3 aliphatic rings. The molecule has 2 saturated heterocycles. The molecule has 11 heteroatoms. The Morgan fingerprint density at radius 3 is 2.28 bits per heavy atom. The van der Waals surface area contributed by atoms with Crippen molar-refractivity contribution in [1.29, 1.82) is 5.26 Å². The largest absolute Gasteiger partial charge is 0.480 e. The first-order valence-corrected chi connectivity index (χ1v) is 12.8. The van der Waals surface area contributed by atoms with Crippen LogP contribution in [0.25, 0.3) is 0 Å². The highest BCUT2D eigenvalue weighted by atomic mass is 16.7. The van der Waals surface area contributed by atoms with Crippen molar-refractivity contribution in [3.8, 4) is 6.07 Å². The van der Waals surface area contributed by atoms with Crippen molar-refractivity contribution in [2.45, 2.75) is 74.3 Å². The van der Waals surface area contributed by atoms with Gasteiger partial charge >= 0.3 is 5.97 Å². The van der Waals surface area contributed by atoms with E-state index in [0.29, 0.717) is 23.5 Å². The average Bonchev–Trinajstić information content (AvgIpc) is 3.62. The average molecular weight is 545 g/mol. The Balaban J connectivity index is 0.000000402. The lowest BCUT2D eigenvalue weighted by atomic mass is 9.86. The smallest absolute Gasteiger partial charge is 0.320 e. The number of rotatable bonds is 6. The Kier molecular flexibility index (Phi) is 10.2. The van der Waals surface area contributed by atoms with Gasteiger partial charge in [0.1, 0.15) is 30.5 Å². The number of benzene rings is 2. The molecule has 3 fully saturated rings. The second-order valence-electron chi connectivity index (χ2n) is 10.1. The van der Waals surface area contributed by atoms with Crippen LogP contribution in [0.4, 0.5) is 0 Å². The minimum Gasteiger partial charge on any atom is -0.480 e. The van der Waals surface area contributed by atoms with E-state index < -0.39 is 42.8 Å². The third-order valence-electron chi connectivity index (χ3n) is 7.39. The van der Waals surface area contributed by atoms with Gasteiger partial charge in [0, 0.05) is 5.56 Å². The molecule has 2 aliphatic heterocycles. The fourth-order valence-electron chi connectivity index (χ4n) is 4.90. The van der Waals surface area contributed by atoms with Gasteiger partial charge in [-0.05, 0) is 73.4 Å². The van der Waals surface area contributed by atoms with Crippen molar-refractivity contribution in [3.63, 3.8) is 0 Å². The van der Waals surface area contributed by atoms with Crippen LogP contribution in [-0.4, -0.2) is 85.7 Å². The maximum absolute atomic E-state index is 11.0. The van der Waals surface area contributed by atoms with Gasteiger partial charge in [-0.2, -0.15) is 5.26 Å². The van der Waals surface area contributed by atoms with Gasteiger partial charge in [-0.15, -0.1) is 0 Å². The van der Waals surface area contributed by atoms with E-state index >= 15 is 0 Å². The minimum absolute atomic E-state index is 0. The molecule has 11 nitrogen and oxygen atoms in total. The molecule has 6 atom stereocenters. The summed E-state index contributed by atoms with van der Waals surface area (Å²) in [5.74, 6) is -2.41. The van der Waals surface area contributed by atoms with Crippen LogP contribution in [0.2, 0.25) is 0 Å². The van der Waals surface area contributed by atoms with Crippen molar-refractivity contribution >= 4 is 5.97 Å². The Morgan fingerprint density at radius 1 is 1.08 bits per heavy atom. The summed E-state index contributed by atoms with van der Waals surface area (Å²) in [5, 5.41) is 71.6. The molecule has 2 aromatic carbocycles. The minimum atomic E-state index is -2.34. The lowest BCUT2D eigenvalue weighted by Crippen LogP contribution is -2.63. The maximum atomic E-state index is 11.0. The predicted octanol–water partition coefficient (Wildman–Crippen LogP) is -0.356. The zero-order valence-electron chi connectivity index (χ0n) is 21.4. The molecular formula is C28H36N2O9. The number of ether oxygens (including phenoxy) is 1. The van der Waals surface area contributed by atoms with E-state index in [9.17, 15) is 35.6 Å². The second kappa shape index (κ2) is 13.0. The van der Waals surface area contributed by atoms with Crippen LogP contribution in [0, 0.1) is 11.3 Å². The topological polar surface area (TPSA) is 215 Å². The number of aliphatic carboxylic acids is 1. The molecular weight excluding hydrogens is 508 g/mol. The number of aliphatic hydroxyl groups is 5. The van der Waals surface area contributed by atoms with Crippen LogP contribution < -0.4 is 5.32 Å². The molecule has 0 bridgehead atoms. The van der Waals surface area contributed by atoms with Crippen LogP contribution in [0.1, 0.15) is 59.4 Å². The van der Waals surface area contributed by atoms with Crippen molar-refractivity contribution < 1.29 is 45.6 Å². The van der Waals surface area contributed by atoms with Gasteiger partial charge in [0.25, 0.3) is 0 Å². The number of nitrogens with zero attached hydrogens (tertiary/aromatic N) is 1. The number of nitrogens with one attached hydrogen (secondary N) is 1. The third-order valence-corrected chi connectivity index (χ3v) is 7.39. The fourth-order valence-corrected chi connectivity index (χ4v) is 4.90. The molecule has 39 heavy (non-hydrogen) atoms. The summed E-state index contributed by atoms with van der Waals surface area (Å²) in [6.07, 6.45) is -1.72. The van der Waals surface area contributed by atoms with Crippen LogP contribution in [-0.2, 0) is 21.7 Å². The van der Waals surface area contributed by atoms with Crippen LogP contribution in [0.15, 0.2) is 42.5 Å². The molecule has 2 aromatic rings.